The van der Waals surface area contributed by atoms with E-state index < -0.39 is 11.8 Å². The summed E-state index contributed by atoms with van der Waals surface area (Å²) in [4.78, 5) is 20.8. The highest BCUT2D eigenvalue weighted by atomic mass is 35.5. The van der Waals surface area contributed by atoms with Gasteiger partial charge in [0.15, 0.2) is 27.3 Å². The minimum absolute atomic E-state index is 0.151. The number of thioether (sulfide) groups is 1. The molecule has 0 amide bonds. The molecule has 4 rings (SSSR count). The maximum atomic E-state index is 11.8. The van der Waals surface area contributed by atoms with Crippen LogP contribution >= 0.6 is 23.4 Å². The van der Waals surface area contributed by atoms with Gasteiger partial charge in [0.05, 0.1) is 18.8 Å². The van der Waals surface area contributed by atoms with Crippen LogP contribution in [-0.2, 0) is 23.7 Å². The van der Waals surface area contributed by atoms with Gasteiger partial charge in [0.25, 0.3) is 0 Å². The highest BCUT2D eigenvalue weighted by Crippen LogP contribution is 2.45. The Labute approximate surface area is 189 Å². The fraction of sp³-hybridized carbons (Fsp3) is 0.737. The van der Waals surface area contributed by atoms with Gasteiger partial charge in [0.1, 0.15) is 18.8 Å². The van der Waals surface area contributed by atoms with Gasteiger partial charge in [-0.3, -0.25) is 0 Å². The number of fused-ring (bicyclic) bond motifs is 2. The van der Waals surface area contributed by atoms with Crippen LogP contribution < -0.4 is 0 Å². The lowest BCUT2D eigenvalue weighted by Gasteiger charge is -2.23. The predicted molar refractivity (Wildman–Crippen MR) is 113 cm³/mol. The molecule has 2 fully saturated rings. The van der Waals surface area contributed by atoms with Crippen molar-refractivity contribution >= 4 is 40.5 Å². The number of hydrogen-bond acceptors (Lipinski definition) is 10. The smallest absolute Gasteiger partial charge is 0.332 e. The molecule has 0 radical (unpaired) electrons. The average Bonchev–Trinajstić information content (AvgIpc) is 3.36. The summed E-state index contributed by atoms with van der Waals surface area (Å²) in [5, 5.41) is 9.36. The van der Waals surface area contributed by atoms with Crippen molar-refractivity contribution in [3.05, 3.63) is 5.15 Å². The van der Waals surface area contributed by atoms with E-state index in [1.807, 2.05) is 13.8 Å². The van der Waals surface area contributed by atoms with E-state index in [2.05, 4.69) is 27.2 Å². The van der Waals surface area contributed by atoms with Crippen molar-refractivity contribution in [3.8, 4) is 0 Å². The summed E-state index contributed by atoms with van der Waals surface area (Å²) in [6.45, 7) is 7.70. The molecule has 31 heavy (non-hydrogen) atoms. The van der Waals surface area contributed by atoms with Gasteiger partial charge in [-0.25, -0.2) is 19.4 Å². The van der Waals surface area contributed by atoms with Crippen molar-refractivity contribution < 1.29 is 23.7 Å². The molecule has 10 nitrogen and oxygen atoms in total. The Morgan fingerprint density at radius 2 is 2.06 bits per heavy atom. The molecule has 170 valence electrons. The van der Waals surface area contributed by atoms with Crippen LogP contribution in [0.3, 0.4) is 0 Å². The average molecular weight is 472 g/mol. The lowest BCUT2D eigenvalue weighted by atomic mass is 10.2. The molecule has 12 heteroatoms. The van der Waals surface area contributed by atoms with E-state index in [1.165, 1.54) is 11.8 Å². The lowest BCUT2D eigenvalue weighted by Crippen LogP contribution is -2.32. The van der Waals surface area contributed by atoms with Crippen molar-refractivity contribution in [1.29, 1.82) is 0 Å². The topological polar surface area (TPSA) is 110 Å². The molecule has 2 aromatic rings. The van der Waals surface area contributed by atoms with Crippen molar-refractivity contribution in [1.82, 2.24) is 25.0 Å². The van der Waals surface area contributed by atoms with Crippen LogP contribution in [0, 0.1) is 0 Å². The third kappa shape index (κ3) is 4.65. The van der Waals surface area contributed by atoms with Gasteiger partial charge in [-0.05, 0) is 27.2 Å². The molecule has 1 saturated carbocycles. The van der Waals surface area contributed by atoms with E-state index in [0.29, 0.717) is 29.3 Å². The fourth-order valence-electron chi connectivity index (χ4n) is 3.95. The zero-order chi connectivity index (χ0) is 22.2. The van der Waals surface area contributed by atoms with E-state index >= 15 is 0 Å². The second-order valence-electron chi connectivity index (χ2n) is 7.87. The van der Waals surface area contributed by atoms with E-state index in [4.69, 9.17) is 30.5 Å². The third-order valence-electron chi connectivity index (χ3n) is 5.11. The van der Waals surface area contributed by atoms with Crippen LogP contribution in [0.15, 0.2) is 5.16 Å². The molecule has 0 aromatic carbocycles. The highest BCUT2D eigenvalue weighted by Gasteiger charge is 2.56. The predicted octanol–water partition coefficient (Wildman–Crippen LogP) is 2.79. The normalized spacial score (nSPS) is 27.0. The van der Waals surface area contributed by atoms with E-state index in [1.54, 1.807) is 11.6 Å². The molecule has 4 atom stereocenters. The van der Waals surface area contributed by atoms with E-state index in [-0.39, 0.29) is 36.1 Å². The molecule has 1 unspecified atom stereocenters. The first kappa shape index (κ1) is 22.7. The molecule has 3 heterocycles. The zero-order valence-corrected chi connectivity index (χ0v) is 19.5. The fourth-order valence-corrected chi connectivity index (χ4v) is 4.89. The standard InChI is InChI=1S/C19H26ClN5O5S/c1-5-7-31-18-21-16(20)13-17(22-18)25(24-23-13)10-8-11(28-9-12(26)27-6-2)15-14(10)29-19(3,4)30-15/h10-11,14-15H,5-9H2,1-4H3/t10?,11-,14-,15+/m0/s1. The molecular formula is C19H26ClN5O5S. The number of carbonyl (C=O) groups excluding carboxylic acids is 1. The molecule has 2 aliphatic rings. The molecule has 1 aliphatic heterocycles. The monoisotopic (exact) mass is 471 g/mol. The van der Waals surface area contributed by atoms with Crippen LogP contribution in [-0.4, -0.2) is 74.0 Å². The van der Waals surface area contributed by atoms with Crippen LogP contribution in [0.1, 0.15) is 46.6 Å². The van der Waals surface area contributed by atoms with Gasteiger partial charge in [-0.1, -0.05) is 35.5 Å². The summed E-state index contributed by atoms with van der Waals surface area (Å²) < 4.78 is 24.8. The number of esters is 1. The van der Waals surface area contributed by atoms with E-state index in [0.717, 1.165) is 12.2 Å². The molecule has 0 spiro atoms. The summed E-state index contributed by atoms with van der Waals surface area (Å²) in [6.07, 6.45) is 0.439. The summed E-state index contributed by atoms with van der Waals surface area (Å²) in [5.74, 6) is -0.319. The van der Waals surface area contributed by atoms with Gasteiger partial charge < -0.3 is 18.9 Å². The molecule has 1 aliphatic carbocycles. The molecular weight excluding hydrogens is 446 g/mol. The Bertz CT molecular complexity index is 957. The molecule has 1 saturated heterocycles. The van der Waals surface area contributed by atoms with Gasteiger partial charge >= 0.3 is 5.97 Å². The van der Waals surface area contributed by atoms with E-state index in [9.17, 15) is 4.79 Å². The Balaban J connectivity index is 1.62. The number of ether oxygens (including phenoxy) is 4. The SMILES string of the molecule is CCCSc1nc(Cl)c2nnn(C3C[C@H](OCC(=O)OCC)[C@H]4OC(C)(C)O[C@@H]34)c2n1. The third-order valence-corrected chi connectivity index (χ3v) is 6.43. The molecule has 2 aromatic heterocycles. The van der Waals surface area contributed by atoms with Crippen LogP contribution in [0.5, 0.6) is 0 Å². The Kier molecular flexibility index (Phi) is 6.68. The van der Waals surface area contributed by atoms with Crippen LogP contribution in [0.2, 0.25) is 5.15 Å². The van der Waals surface area contributed by atoms with Crippen LogP contribution in [0.4, 0.5) is 0 Å². The quantitative estimate of drug-likeness (QED) is 0.246. The first-order valence-corrected chi connectivity index (χ1v) is 11.7. The number of hydrogen-bond donors (Lipinski definition) is 0. The second-order valence-corrected chi connectivity index (χ2v) is 9.29. The summed E-state index contributed by atoms with van der Waals surface area (Å²) in [6, 6.07) is -0.251. The number of nitrogens with zero attached hydrogens (tertiary/aromatic N) is 5. The van der Waals surface area contributed by atoms with Crippen molar-refractivity contribution in [2.75, 3.05) is 19.0 Å². The summed E-state index contributed by atoms with van der Waals surface area (Å²) in [7, 11) is 0. The summed E-state index contributed by atoms with van der Waals surface area (Å²) in [5.41, 5.74) is 0.981. The lowest BCUT2D eigenvalue weighted by molar-refractivity contribution is -0.174. The first-order chi connectivity index (χ1) is 14.8. The number of aromatic nitrogens is 5. The Hall–Kier alpha value is -1.53. The van der Waals surface area contributed by atoms with Crippen molar-refractivity contribution in [3.63, 3.8) is 0 Å². The Morgan fingerprint density at radius 1 is 1.29 bits per heavy atom. The highest BCUT2D eigenvalue weighted by molar-refractivity contribution is 7.99. The van der Waals surface area contributed by atoms with Gasteiger partial charge in [-0.15, -0.1) is 5.10 Å². The maximum Gasteiger partial charge on any atom is 0.332 e. The largest absolute Gasteiger partial charge is 0.464 e. The number of halogens is 1. The molecule has 0 bridgehead atoms. The van der Waals surface area contributed by atoms with Gasteiger partial charge in [0.2, 0.25) is 0 Å². The Morgan fingerprint density at radius 3 is 2.81 bits per heavy atom. The maximum absolute atomic E-state index is 11.8. The first-order valence-electron chi connectivity index (χ1n) is 10.4. The molecule has 0 N–H and O–H groups in total. The van der Waals surface area contributed by atoms with Crippen LogP contribution in [0.25, 0.3) is 11.2 Å². The van der Waals surface area contributed by atoms with Crippen molar-refractivity contribution in [2.45, 2.75) is 75.8 Å². The summed E-state index contributed by atoms with van der Waals surface area (Å²) >= 11 is 7.88. The van der Waals surface area contributed by atoms with Gasteiger partial charge in [0, 0.05) is 12.2 Å². The van der Waals surface area contributed by atoms with Gasteiger partial charge in [-0.2, -0.15) is 0 Å². The zero-order valence-electron chi connectivity index (χ0n) is 17.9. The number of rotatable bonds is 8. The van der Waals surface area contributed by atoms with Crippen molar-refractivity contribution in [2.24, 2.45) is 0 Å². The second kappa shape index (κ2) is 9.14. The minimum atomic E-state index is -0.787. The number of carbonyl (C=O) groups is 1. The minimum Gasteiger partial charge on any atom is -0.464 e.